The molecular weight excluding hydrogens is 327 g/mol. The maximum absolute atomic E-state index is 13.7. The Morgan fingerprint density at radius 2 is 1.88 bits per heavy atom. The lowest BCUT2D eigenvalue weighted by molar-refractivity contribution is 0.0910. The molecule has 128 valence electrons. The molecule has 0 aliphatic carbocycles. The Kier molecular flexibility index (Phi) is 4.89. The number of nitrogens with one attached hydrogen (secondary N) is 3. The van der Waals surface area contributed by atoms with Gasteiger partial charge in [0.15, 0.2) is 11.6 Å². The summed E-state index contributed by atoms with van der Waals surface area (Å²) in [6.07, 6.45) is 0. The van der Waals surface area contributed by atoms with E-state index >= 15 is 0 Å². The highest BCUT2D eigenvalue weighted by Crippen LogP contribution is 2.19. The van der Waals surface area contributed by atoms with Crippen LogP contribution in [0.1, 0.15) is 22.2 Å². The quantitative estimate of drug-likeness (QED) is 0.636. The largest absolute Gasteiger partial charge is 0.488 e. The van der Waals surface area contributed by atoms with E-state index in [4.69, 9.17) is 4.74 Å². The molecule has 3 rings (SSSR count). The molecule has 8 heteroatoms. The van der Waals surface area contributed by atoms with E-state index in [2.05, 4.69) is 20.5 Å². The van der Waals surface area contributed by atoms with E-state index in [1.807, 2.05) is 30.3 Å². The number of carbonyl (C=O) groups is 1. The predicted molar refractivity (Wildman–Crippen MR) is 87.8 cm³/mol. The number of aromatic nitrogens is 3. The van der Waals surface area contributed by atoms with Crippen LogP contribution in [-0.4, -0.2) is 27.7 Å². The van der Waals surface area contributed by atoms with Gasteiger partial charge in [0.1, 0.15) is 6.61 Å². The van der Waals surface area contributed by atoms with Crippen LogP contribution < -0.4 is 15.7 Å². The molecule has 1 amide bonds. The van der Waals surface area contributed by atoms with Gasteiger partial charge in [-0.1, -0.05) is 42.5 Å². The second kappa shape index (κ2) is 7.43. The molecule has 1 aromatic heterocycles. The minimum absolute atomic E-state index is 0.00530. The number of hydrogen-bond acceptors (Lipinski definition) is 4. The molecule has 0 aliphatic rings. The first kappa shape index (κ1) is 16.4. The number of nitrogens with zero attached hydrogens (tertiary/aromatic N) is 1. The van der Waals surface area contributed by atoms with Gasteiger partial charge in [0, 0.05) is 0 Å². The van der Waals surface area contributed by atoms with Gasteiger partial charge in [-0.3, -0.25) is 9.78 Å². The van der Waals surface area contributed by atoms with Crippen LogP contribution in [0.5, 0.6) is 5.75 Å². The summed E-state index contributed by atoms with van der Waals surface area (Å²) in [5.74, 6) is -1.12. The number of rotatable bonds is 6. The van der Waals surface area contributed by atoms with Crippen molar-refractivity contribution >= 4 is 5.91 Å². The van der Waals surface area contributed by atoms with Gasteiger partial charge in [-0.05, 0) is 17.7 Å². The zero-order valence-electron chi connectivity index (χ0n) is 13.0. The Morgan fingerprint density at radius 1 is 1.16 bits per heavy atom. The van der Waals surface area contributed by atoms with E-state index in [0.717, 1.165) is 5.56 Å². The summed E-state index contributed by atoms with van der Waals surface area (Å²) < 4.78 is 19.2. The van der Waals surface area contributed by atoms with Crippen LogP contribution in [0.2, 0.25) is 0 Å². The maximum atomic E-state index is 13.7. The SMILES string of the molecule is O=C(NC(COc1ccccc1F)c1ccccc1)c1n[nH]c(=O)[nH]1. The monoisotopic (exact) mass is 342 g/mol. The van der Waals surface area contributed by atoms with Crippen LogP contribution >= 0.6 is 0 Å². The number of carbonyl (C=O) groups excluding carboxylic acids is 1. The summed E-state index contributed by atoms with van der Waals surface area (Å²) in [5.41, 5.74) is 0.189. The van der Waals surface area contributed by atoms with Gasteiger partial charge in [0.2, 0.25) is 5.82 Å². The molecule has 0 radical (unpaired) electrons. The Hall–Kier alpha value is -3.42. The van der Waals surface area contributed by atoms with Crippen molar-refractivity contribution in [1.29, 1.82) is 0 Å². The topological polar surface area (TPSA) is 99.9 Å². The summed E-state index contributed by atoms with van der Waals surface area (Å²) in [6.45, 7) is 0.00530. The minimum atomic E-state index is -0.580. The number of benzene rings is 2. The summed E-state index contributed by atoms with van der Waals surface area (Å²) in [4.78, 5) is 25.6. The van der Waals surface area contributed by atoms with Crippen LogP contribution in [0, 0.1) is 5.82 Å². The van der Waals surface area contributed by atoms with Crippen molar-refractivity contribution in [3.05, 3.63) is 82.3 Å². The fourth-order valence-electron chi connectivity index (χ4n) is 2.25. The lowest BCUT2D eigenvalue weighted by Crippen LogP contribution is -2.33. The first-order valence-electron chi connectivity index (χ1n) is 7.51. The molecular formula is C17H15FN4O3. The standard InChI is InChI=1S/C17H15FN4O3/c18-12-8-4-5-9-14(12)25-10-13(11-6-2-1-3-7-11)19-16(23)15-20-17(24)22-21-15/h1-9,13H,10H2,(H,19,23)(H2,20,21,22,24). The molecule has 0 bridgehead atoms. The number of aromatic amines is 2. The van der Waals surface area contributed by atoms with Crippen LogP contribution in [-0.2, 0) is 0 Å². The summed E-state index contributed by atoms with van der Waals surface area (Å²) in [7, 11) is 0. The molecule has 7 nitrogen and oxygen atoms in total. The molecule has 0 saturated heterocycles. The molecule has 1 heterocycles. The second-order valence-electron chi connectivity index (χ2n) is 5.20. The number of H-pyrrole nitrogens is 2. The second-order valence-corrected chi connectivity index (χ2v) is 5.20. The molecule has 0 spiro atoms. The van der Waals surface area contributed by atoms with Gasteiger partial charge >= 0.3 is 5.69 Å². The Morgan fingerprint density at radius 3 is 2.56 bits per heavy atom. The van der Waals surface area contributed by atoms with Crippen molar-refractivity contribution in [1.82, 2.24) is 20.5 Å². The van der Waals surface area contributed by atoms with E-state index in [1.165, 1.54) is 12.1 Å². The van der Waals surface area contributed by atoms with Crippen LogP contribution in [0.4, 0.5) is 4.39 Å². The zero-order chi connectivity index (χ0) is 17.6. The van der Waals surface area contributed by atoms with E-state index in [1.54, 1.807) is 12.1 Å². The Labute approximate surface area is 141 Å². The number of ether oxygens (including phenoxy) is 1. The highest BCUT2D eigenvalue weighted by atomic mass is 19.1. The van der Waals surface area contributed by atoms with Gasteiger partial charge in [-0.25, -0.2) is 14.3 Å². The molecule has 0 aliphatic heterocycles. The van der Waals surface area contributed by atoms with Crippen LogP contribution in [0.15, 0.2) is 59.4 Å². The molecule has 0 saturated carbocycles. The molecule has 2 aromatic carbocycles. The average molecular weight is 342 g/mol. The third kappa shape index (κ3) is 4.11. The van der Waals surface area contributed by atoms with Gasteiger partial charge in [-0.15, -0.1) is 5.10 Å². The molecule has 3 N–H and O–H groups in total. The van der Waals surface area contributed by atoms with Crippen molar-refractivity contribution in [3.8, 4) is 5.75 Å². The lowest BCUT2D eigenvalue weighted by Gasteiger charge is -2.19. The summed E-state index contributed by atoms with van der Waals surface area (Å²) in [6, 6.07) is 14.5. The molecule has 25 heavy (non-hydrogen) atoms. The van der Waals surface area contributed by atoms with Crippen molar-refractivity contribution in [2.75, 3.05) is 6.61 Å². The first-order valence-corrected chi connectivity index (χ1v) is 7.51. The van der Waals surface area contributed by atoms with E-state index in [9.17, 15) is 14.0 Å². The van der Waals surface area contributed by atoms with Crippen molar-refractivity contribution < 1.29 is 13.9 Å². The number of halogens is 1. The number of para-hydroxylation sites is 1. The van der Waals surface area contributed by atoms with Gasteiger partial charge in [-0.2, -0.15) is 0 Å². The smallest absolute Gasteiger partial charge is 0.341 e. The van der Waals surface area contributed by atoms with Gasteiger partial charge in [0.25, 0.3) is 5.91 Å². The number of hydrogen-bond donors (Lipinski definition) is 3. The van der Waals surface area contributed by atoms with E-state index < -0.39 is 23.5 Å². The maximum Gasteiger partial charge on any atom is 0.341 e. The number of amides is 1. The summed E-state index contributed by atoms with van der Waals surface area (Å²) >= 11 is 0. The van der Waals surface area contributed by atoms with Gasteiger partial charge in [0.05, 0.1) is 6.04 Å². The molecule has 0 fully saturated rings. The van der Waals surface area contributed by atoms with Crippen LogP contribution in [0.25, 0.3) is 0 Å². The van der Waals surface area contributed by atoms with E-state index in [-0.39, 0.29) is 18.2 Å². The lowest BCUT2D eigenvalue weighted by atomic mass is 10.1. The molecule has 1 unspecified atom stereocenters. The predicted octanol–water partition coefficient (Wildman–Crippen LogP) is 1.79. The normalized spacial score (nSPS) is 11.7. The van der Waals surface area contributed by atoms with Crippen molar-refractivity contribution in [2.45, 2.75) is 6.04 Å². The molecule has 1 atom stereocenters. The van der Waals surface area contributed by atoms with Crippen molar-refractivity contribution in [2.24, 2.45) is 0 Å². The zero-order valence-corrected chi connectivity index (χ0v) is 13.0. The third-order valence-electron chi connectivity index (χ3n) is 3.47. The third-order valence-corrected chi connectivity index (χ3v) is 3.47. The first-order chi connectivity index (χ1) is 12.1. The average Bonchev–Trinajstić information content (AvgIpc) is 3.07. The summed E-state index contributed by atoms with van der Waals surface area (Å²) in [5, 5.41) is 8.43. The van der Waals surface area contributed by atoms with E-state index in [0.29, 0.717) is 0 Å². The highest BCUT2D eigenvalue weighted by Gasteiger charge is 2.19. The fourth-order valence-corrected chi connectivity index (χ4v) is 2.25. The van der Waals surface area contributed by atoms with Crippen molar-refractivity contribution in [3.63, 3.8) is 0 Å². The Bertz CT molecular complexity index is 907. The Balaban J connectivity index is 1.77. The fraction of sp³-hybridized carbons (Fsp3) is 0.118. The highest BCUT2D eigenvalue weighted by molar-refractivity contribution is 5.90. The molecule has 3 aromatic rings. The minimum Gasteiger partial charge on any atom is -0.488 e. The van der Waals surface area contributed by atoms with Gasteiger partial charge < -0.3 is 10.1 Å². The van der Waals surface area contributed by atoms with Crippen LogP contribution in [0.3, 0.4) is 0 Å².